The maximum absolute atomic E-state index is 9.71. The molecule has 1 unspecified atom stereocenters. The zero-order valence-corrected chi connectivity index (χ0v) is 11.9. The highest BCUT2D eigenvalue weighted by Crippen LogP contribution is 2.20. The minimum atomic E-state index is -0.485. The van der Waals surface area contributed by atoms with Crippen LogP contribution < -0.4 is 5.32 Å². The van der Waals surface area contributed by atoms with Crippen molar-refractivity contribution in [1.29, 1.82) is 0 Å². The van der Waals surface area contributed by atoms with E-state index in [0.717, 1.165) is 10.2 Å². The molecule has 1 rings (SSSR count). The summed E-state index contributed by atoms with van der Waals surface area (Å²) in [5.41, 5.74) is 0.982. The van der Waals surface area contributed by atoms with E-state index in [2.05, 4.69) is 35.1 Å². The van der Waals surface area contributed by atoms with Crippen LogP contribution in [0.3, 0.4) is 0 Å². The summed E-state index contributed by atoms with van der Waals surface area (Å²) in [5.74, 6) is 0.499. The summed E-state index contributed by atoms with van der Waals surface area (Å²) in [6.45, 7) is 5.72. The summed E-state index contributed by atoms with van der Waals surface area (Å²) in [7, 11) is 0. The average molecular weight is 302 g/mol. The molecule has 0 bridgehead atoms. The van der Waals surface area contributed by atoms with Gasteiger partial charge in [0.2, 0.25) is 0 Å². The van der Waals surface area contributed by atoms with E-state index in [9.17, 15) is 5.11 Å². The van der Waals surface area contributed by atoms with Crippen LogP contribution in [0.1, 0.15) is 13.8 Å². The molecular weight excluding hydrogens is 282 g/mol. The molecule has 96 valence electrons. The Kier molecular flexibility index (Phi) is 6.55. The first-order chi connectivity index (χ1) is 8.09. The molecule has 0 aliphatic rings. The van der Waals surface area contributed by atoms with Gasteiger partial charge in [0.05, 0.1) is 12.7 Å². The summed E-state index contributed by atoms with van der Waals surface area (Å²) in [6.07, 6.45) is -0.485. The van der Waals surface area contributed by atoms with E-state index in [-0.39, 0.29) is 0 Å². The van der Waals surface area contributed by atoms with Gasteiger partial charge in [-0.2, -0.15) is 0 Å². The number of aliphatic hydroxyl groups excluding tert-OH is 1. The number of halogens is 1. The lowest BCUT2D eigenvalue weighted by atomic mass is 10.2. The number of para-hydroxylation sites is 1. The second-order valence-electron chi connectivity index (χ2n) is 4.45. The molecule has 3 nitrogen and oxygen atoms in total. The number of benzene rings is 1. The molecule has 0 aromatic heterocycles. The maximum atomic E-state index is 9.71. The van der Waals surface area contributed by atoms with E-state index in [1.54, 1.807) is 0 Å². The maximum Gasteiger partial charge on any atom is 0.0945 e. The minimum absolute atomic E-state index is 0.371. The third kappa shape index (κ3) is 6.05. The fourth-order valence-electron chi connectivity index (χ4n) is 1.33. The van der Waals surface area contributed by atoms with Gasteiger partial charge in [-0.05, 0) is 34.0 Å². The van der Waals surface area contributed by atoms with Gasteiger partial charge in [0.25, 0.3) is 0 Å². The molecule has 0 fully saturated rings. The Balaban J connectivity index is 2.24. The molecule has 0 saturated carbocycles. The van der Waals surface area contributed by atoms with Crippen molar-refractivity contribution in [3.8, 4) is 0 Å². The van der Waals surface area contributed by atoms with E-state index in [0.29, 0.717) is 25.7 Å². The predicted molar refractivity (Wildman–Crippen MR) is 74.3 cm³/mol. The van der Waals surface area contributed by atoms with Crippen molar-refractivity contribution in [1.82, 2.24) is 0 Å². The first-order valence-corrected chi connectivity index (χ1v) is 6.63. The summed E-state index contributed by atoms with van der Waals surface area (Å²) in [4.78, 5) is 0. The van der Waals surface area contributed by atoms with Crippen molar-refractivity contribution in [2.75, 3.05) is 25.1 Å². The number of rotatable bonds is 7. The van der Waals surface area contributed by atoms with Crippen molar-refractivity contribution in [2.45, 2.75) is 20.0 Å². The molecule has 1 aromatic rings. The third-order valence-electron chi connectivity index (χ3n) is 2.16. The molecule has 4 heteroatoms. The molecular formula is C13H20BrNO2. The van der Waals surface area contributed by atoms with Crippen molar-refractivity contribution < 1.29 is 9.84 Å². The molecule has 0 spiro atoms. The number of aliphatic hydroxyl groups is 1. The van der Waals surface area contributed by atoms with E-state index < -0.39 is 6.10 Å². The number of hydrogen-bond acceptors (Lipinski definition) is 3. The van der Waals surface area contributed by atoms with Gasteiger partial charge in [-0.15, -0.1) is 0 Å². The van der Waals surface area contributed by atoms with Gasteiger partial charge >= 0.3 is 0 Å². The van der Waals surface area contributed by atoms with Gasteiger partial charge in [-0.1, -0.05) is 26.0 Å². The standard InChI is InChI=1S/C13H20BrNO2/c1-10(2)8-17-9-11(16)7-15-13-6-4-3-5-12(13)14/h3-6,10-11,15-16H,7-9H2,1-2H3. The third-order valence-corrected chi connectivity index (χ3v) is 2.85. The van der Waals surface area contributed by atoms with Gasteiger partial charge < -0.3 is 15.2 Å². The van der Waals surface area contributed by atoms with Crippen LogP contribution in [0.15, 0.2) is 28.7 Å². The number of hydrogen-bond donors (Lipinski definition) is 2. The number of ether oxygens (including phenoxy) is 1. The minimum Gasteiger partial charge on any atom is -0.389 e. The molecule has 0 aliphatic heterocycles. The normalized spacial score (nSPS) is 12.8. The quantitative estimate of drug-likeness (QED) is 0.814. The lowest BCUT2D eigenvalue weighted by molar-refractivity contribution is 0.0318. The highest BCUT2D eigenvalue weighted by molar-refractivity contribution is 9.10. The fraction of sp³-hybridized carbons (Fsp3) is 0.538. The molecule has 1 atom stereocenters. The Labute approximate surface area is 111 Å². The van der Waals surface area contributed by atoms with E-state index in [1.165, 1.54) is 0 Å². The lowest BCUT2D eigenvalue weighted by Crippen LogP contribution is -2.25. The van der Waals surface area contributed by atoms with Crippen LogP contribution in [0, 0.1) is 5.92 Å². The monoisotopic (exact) mass is 301 g/mol. The zero-order valence-electron chi connectivity index (χ0n) is 10.3. The second kappa shape index (κ2) is 7.69. The van der Waals surface area contributed by atoms with Crippen LogP contribution in [0.2, 0.25) is 0 Å². The van der Waals surface area contributed by atoms with E-state index in [1.807, 2.05) is 24.3 Å². The number of anilines is 1. The van der Waals surface area contributed by atoms with Crippen molar-refractivity contribution in [3.05, 3.63) is 28.7 Å². The molecule has 0 radical (unpaired) electrons. The largest absolute Gasteiger partial charge is 0.389 e. The molecule has 2 N–H and O–H groups in total. The van der Waals surface area contributed by atoms with Crippen LogP contribution >= 0.6 is 15.9 Å². The van der Waals surface area contributed by atoms with Crippen molar-refractivity contribution in [3.63, 3.8) is 0 Å². The summed E-state index contributed by atoms with van der Waals surface area (Å²) >= 11 is 3.44. The van der Waals surface area contributed by atoms with Crippen LogP contribution in [-0.2, 0) is 4.74 Å². The Morgan fingerprint density at radius 2 is 2.00 bits per heavy atom. The summed E-state index contributed by atoms with van der Waals surface area (Å²) < 4.78 is 6.37. The second-order valence-corrected chi connectivity index (χ2v) is 5.30. The van der Waals surface area contributed by atoms with Gasteiger partial charge in [0.1, 0.15) is 0 Å². The smallest absolute Gasteiger partial charge is 0.0945 e. The Morgan fingerprint density at radius 3 is 2.65 bits per heavy atom. The predicted octanol–water partition coefficient (Wildman–Crippen LogP) is 2.89. The highest BCUT2D eigenvalue weighted by Gasteiger charge is 2.06. The van der Waals surface area contributed by atoms with E-state index in [4.69, 9.17) is 4.74 Å². The number of nitrogens with one attached hydrogen (secondary N) is 1. The van der Waals surface area contributed by atoms with Gasteiger partial charge in [0, 0.05) is 23.3 Å². The first kappa shape index (κ1) is 14.5. The van der Waals surface area contributed by atoms with Gasteiger partial charge in [-0.3, -0.25) is 0 Å². The average Bonchev–Trinajstić information content (AvgIpc) is 2.27. The van der Waals surface area contributed by atoms with Gasteiger partial charge in [-0.25, -0.2) is 0 Å². The molecule has 0 aliphatic carbocycles. The van der Waals surface area contributed by atoms with Crippen LogP contribution in [0.25, 0.3) is 0 Å². The van der Waals surface area contributed by atoms with Gasteiger partial charge in [0.15, 0.2) is 0 Å². The summed E-state index contributed by atoms with van der Waals surface area (Å²) in [5, 5.41) is 12.9. The molecule has 0 saturated heterocycles. The lowest BCUT2D eigenvalue weighted by Gasteiger charge is -2.14. The molecule has 0 amide bonds. The van der Waals surface area contributed by atoms with Crippen LogP contribution in [0.4, 0.5) is 5.69 Å². The molecule has 1 aromatic carbocycles. The Bertz CT molecular complexity index is 331. The fourth-order valence-corrected chi connectivity index (χ4v) is 1.76. The summed E-state index contributed by atoms with van der Waals surface area (Å²) in [6, 6.07) is 7.84. The molecule has 0 heterocycles. The zero-order chi connectivity index (χ0) is 12.7. The molecule has 17 heavy (non-hydrogen) atoms. The van der Waals surface area contributed by atoms with Crippen molar-refractivity contribution >= 4 is 21.6 Å². The SMILES string of the molecule is CC(C)COCC(O)CNc1ccccc1Br. The topological polar surface area (TPSA) is 41.5 Å². The highest BCUT2D eigenvalue weighted by atomic mass is 79.9. The van der Waals surface area contributed by atoms with Crippen molar-refractivity contribution in [2.24, 2.45) is 5.92 Å². The van der Waals surface area contributed by atoms with Crippen LogP contribution in [0.5, 0.6) is 0 Å². The Morgan fingerprint density at radius 1 is 1.29 bits per heavy atom. The Hall–Kier alpha value is -0.580. The van der Waals surface area contributed by atoms with E-state index >= 15 is 0 Å². The van der Waals surface area contributed by atoms with Crippen LogP contribution in [-0.4, -0.2) is 31.0 Å². The first-order valence-electron chi connectivity index (χ1n) is 5.83.